The Labute approximate surface area is 90.2 Å². The SMILES string of the molecule is NC(CCCC(F)(F)F)c1ccoc1Cl. The summed E-state index contributed by atoms with van der Waals surface area (Å²) in [6.07, 6.45) is -3.36. The third kappa shape index (κ3) is 4.13. The highest BCUT2D eigenvalue weighted by atomic mass is 35.5. The quantitative estimate of drug-likeness (QED) is 0.874. The van der Waals surface area contributed by atoms with E-state index >= 15 is 0 Å². The highest BCUT2D eigenvalue weighted by molar-refractivity contribution is 6.29. The number of alkyl halides is 3. The fourth-order valence-electron chi connectivity index (χ4n) is 1.25. The number of nitrogens with two attached hydrogens (primary N) is 1. The summed E-state index contributed by atoms with van der Waals surface area (Å²) in [5.41, 5.74) is 6.21. The predicted molar refractivity (Wildman–Crippen MR) is 50.6 cm³/mol. The second-order valence-corrected chi connectivity index (χ2v) is 3.61. The summed E-state index contributed by atoms with van der Waals surface area (Å²) < 4.78 is 40.3. The van der Waals surface area contributed by atoms with E-state index in [-0.39, 0.29) is 18.1 Å². The van der Waals surface area contributed by atoms with Crippen molar-refractivity contribution < 1.29 is 17.6 Å². The van der Waals surface area contributed by atoms with Gasteiger partial charge < -0.3 is 10.2 Å². The normalized spacial score (nSPS) is 14.2. The summed E-state index contributed by atoms with van der Waals surface area (Å²) in [5, 5.41) is 0.148. The van der Waals surface area contributed by atoms with E-state index in [1.165, 1.54) is 6.26 Å². The fourth-order valence-corrected chi connectivity index (χ4v) is 1.50. The highest BCUT2D eigenvalue weighted by Gasteiger charge is 2.26. The van der Waals surface area contributed by atoms with Gasteiger partial charge in [-0.15, -0.1) is 0 Å². The lowest BCUT2D eigenvalue weighted by atomic mass is 10.0. The lowest BCUT2D eigenvalue weighted by Gasteiger charge is -2.11. The minimum absolute atomic E-state index is 0.00776. The first-order chi connectivity index (χ1) is 6.90. The highest BCUT2D eigenvalue weighted by Crippen LogP contribution is 2.28. The van der Waals surface area contributed by atoms with Gasteiger partial charge in [-0.2, -0.15) is 13.2 Å². The van der Waals surface area contributed by atoms with Crippen molar-refractivity contribution in [1.82, 2.24) is 0 Å². The van der Waals surface area contributed by atoms with Crippen LogP contribution in [-0.2, 0) is 0 Å². The van der Waals surface area contributed by atoms with Gasteiger partial charge in [0.25, 0.3) is 0 Å². The Morgan fingerprint density at radius 1 is 1.47 bits per heavy atom. The minimum atomic E-state index is -4.13. The molecule has 0 spiro atoms. The number of furan rings is 1. The molecule has 0 aromatic carbocycles. The van der Waals surface area contributed by atoms with Crippen LogP contribution in [0.3, 0.4) is 0 Å². The Bertz CT molecular complexity index is 311. The van der Waals surface area contributed by atoms with Crippen molar-refractivity contribution in [2.75, 3.05) is 0 Å². The van der Waals surface area contributed by atoms with Crippen LogP contribution in [0.25, 0.3) is 0 Å². The number of hydrogen-bond acceptors (Lipinski definition) is 2. The zero-order valence-corrected chi connectivity index (χ0v) is 8.61. The summed E-state index contributed by atoms with van der Waals surface area (Å²) in [5.74, 6) is 0. The molecule has 0 amide bonds. The van der Waals surface area contributed by atoms with Gasteiger partial charge in [-0.1, -0.05) is 0 Å². The Hall–Kier alpha value is -0.680. The van der Waals surface area contributed by atoms with E-state index in [1.54, 1.807) is 6.07 Å². The Kier molecular flexibility index (Phi) is 4.04. The van der Waals surface area contributed by atoms with Gasteiger partial charge in [-0.3, -0.25) is 0 Å². The van der Waals surface area contributed by atoms with Crippen molar-refractivity contribution >= 4 is 11.6 Å². The van der Waals surface area contributed by atoms with Crippen LogP contribution in [0.5, 0.6) is 0 Å². The van der Waals surface area contributed by atoms with Crippen LogP contribution in [0.2, 0.25) is 5.22 Å². The van der Waals surface area contributed by atoms with Crippen LogP contribution < -0.4 is 5.73 Å². The van der Waals surface area contributed by atoms with Gasteiger partial charge in [0.15, 0.2) is 5.22 Å². The molecule has 0 aliphatic rings. The van der Waals surface area contributed by atoms with E-state index < -0.39 is 18.6 Å². The van der Waals surface area contributed by atoms with Crippen LogP contribution in [-0.4, -0.2) is 6.18 Å². The Balaban J connectivity index is 2.37. The molecule has 1 heterocycles. The molecule has 0 fully saturated rings. The first kappa shape index (κ1) is 12.4. The van der Waals surface area contributed by atoms with Crippen LogP contribution >= 0.6 is 11.6 Å². The zero-order valence-electron chi connectivity index (χ0n) is 7.85. The Morgan fingerprint density at radius 2 is 2.13 bits per heavy atom. The van der Waals surface area contributed by atoms with Gasteiger partial charge in [0.1, 0.15) is 0 Å². The predicted octanol–water partition coefficient (Wildman–Crippen LogP) is 3.67. The summed E-state index contributed by atoms with van der Waals surface area (Å²) >= 11 is 5.63. The lowest BCUT2D eigenvalue weighted by Crippen LogP contribution is -2.12. The molecule has 1 unspecified atom stereocenters. The lowest BCUT2D eigenvalue weighted by molar-refractivity contribution is -0.135. The average Bonchev–Trinajstić information content (AvgIpc) is 2.48. The summed E-state index contributed by atoms with van der Waals surface area (Å²) in [6.45, 7) is 0. The molecule has 6 heteroatoms. The molecule has 0 bridgehead atoms. The zero-order chi connectivity index (χ0) is 11.5. The van der Waals surface area contributed by atoms with Crippen molar-refractivity contribution in [3.8, 4) is 0 Å². The van der Waals surface area contributed by atoms with E-state index in [0.29, 0.717) is 5.56 Å². The molecule has 2 nitrogen and oxygen atoms in total. The molecule has 0 radical (unpaired) electrons. The van der Waals surface area contributed by atoms with Crippen molar-refractivity contribution in [3.63, 3.8) is 0 Å². The largest absolute Gasteiger partial charge is 0.453 e. The van der Waals surface area contributed by atoms with E-state index in [4.69, 9.17) is 21.8 Å². The molecular formula is C9H11ClF3NO. The molecule has 1 aromatic rings. The van der Waals surface area contributed by atoms with Crippen molar-refractivity contribution in [2.45, 2.75) is 31.5 Å². The standard InChI is InChI=1S/C9H11ClF3NO/c10-8-6(3-5-15-8)7(14)2-1-4-9(11,12)13/h3,5,7H,1-2,4,14H2. The van der Waals surface area contributed by atoms with Crippen LogP contribution in [0.4, 0.5) is 13.2 Å². The van der Waals surface area contributed by atoms with Gasteiger partial charge in [0.05, 0.1) is 6.26 Å². The van der Waals surface area contributed by atoms with Crippen LogP contribution in [0.15, 0.2) is 16.7 Å². The molecule has 86 valence electrons. The van der Waals surface area contributed by atoms with Gasteiger partial charge in [-0.05, 0) is 30.5 Å². The van der Waals surface area contributed by atoms with Crippen LogP contribution in [0.1, 0.15) is 30.9 Å². The molecule has 0 aliphatic heterocycles. The first-order valence-corrected chi connectivity index (χ1v) is 4.83. The monoisotopic (exact) mass is 241 g/mol. The van der Waals surface area contributed by atoms with Crippen LogP contribution in [0, 0.1) is 0 Å². The maximum Gasteiger partial charge on any atom is 0.389 e. The molecule has 1 atom stereocenters. The van der Waals surface area contributed by atoms with Crippen molar-refractivity contribution in [3.05, 3.63) is 23.1 Å². The fraction of sp³-hybridized carbons (Fsp3) is 0.556. The molecule has 0 aliphatic carbocycles. The maximum absolute atomic E-state index is 11.8. The van der Waals surface area contributed by atoms with Crippen molar-refractivity contribution in [2.24, 2.45) is 5.73 Å². The van der Waals surface area contributed by atoms with E-state index in [9.17, 15) is 13.2 Å². The Morgan fingerprint density at radius 3 is 2.60 bits per heavy atom. The van der Waals surface area contributed by atoms with E-state index in [1.807, 2.05) is 0 Å². The van der Waals surface area contributed by atoms with Gasteiger partial charge >= 0.3 is 6.18 Å². The summed E-state index contributed by atoms with van der Waals surface area (Å²) in [7, 11) is 0. The summed E-state index contributed by atoms with van der Waals surface area (Å²) in [4.78, 5) is 0. The number of halogens is 4. The second kappa shape index (κ2) is 4.90. The van der Waals surface area contributed by atoms with E-state index in [2.05, 4.69) is 0 Å². The topological polar surface area (TPSA) is 39.2 Å². The van der Waals surface area contributed by atoms with Gasteiger partial charge in [0, 0.05) is 18.0 Å². The third-order valence-electron chi connectivity index (χ3n) is 2.02. The molecule has 0 saturated heterocycles. The maximum atomic E-state index is 11.8. The van der Waals surface area contributed by atoms with Gasteiger partial charge in [-0.25, -0.2) is 0 Å². The smallest absolute Gasteiger partial charge is 0.389 e. The molecule has 15 heavy (non-hydrogen) atoms. The third-order valence-corrected chi connectivity index (χ3v) is 2.33. The first-order valence-electron chi connectivity index (χ1n) is 4.45. The molecule has 1 aromatic heterocycles. The van der Waals surface area contributed by atoms with Gasteiger partial charge in [0.2, 0.25) is 0 Å². The average molecular weight is 242 g/mol. The van der Waals surface area contributed by atoms with E-state index in [0.717, 1.165) is 0 Å². The molecular weight excluding hydrogens is 231 g/mol. The molecule has 1 rings (SSSR count). The minimum Gasteiger partial charge on any atom is -0.453 e. The summed E-state index contributed by atoms with van der Waals surface area (Å²) in [6, 6.07) is 1.07. The second-order valence-electron chi connectivity index (χ2n) is 3.26. The molecule has 2 N–H and O–H groups in total. The number of hydrogen-bond donors (Lipinski definition) is 1. The number of rotatable bonds is 4. The molecule has 0 saturated carbocycles. The van der Waals surface area contributed by atoms with Crippen molar-refractivity contribution in [1.29, 1.82) is 0 Å².